The lowest BCUT2D eigenvalue weighted by atomic mass is 9.92. The molecular formula is C15H14Cl3N. The molecule has 0 bridgehead atoms. The van der Waals surface area contributed by atoms with Gasteiger partial charge in [-0.3, -0.25) is 0 Å². The van der Waals surface area contributed by atoms with Gasteiger partial charge in [0, 0.05) is 10.9 Å². The van der Waals surface area contributed by atoms with E-state index in [0.717, 1.165) is 22.6 Å². The number of halogens is 3. The average molecular weight is 315 g/mol. The third-order valence-electron chi connectivity index (χ3n) is 3.08. The van der Waals surface area contributed by atoms with Crippen LogP contribution in [0.3, 0.4) is 0 Å². The second-order valence-electron chi connectivity index (χ2n) is 4.41. The fourth-order valence-corrected chi connectivity index (χ4v) is 2.78. The molecule has 1 atom stereocenters. The summed E-state index contributed by atoms with van der Waals surface area (Å²) in [6.07, 6.45) is 0.789. The maximum atomic E-state index is 6.25. The van der Waals surface area contributed by atoms with Crippen molar-refractivity contribution in [1.82, 2.24) is 0 Å². The summed E-state index contributed by atoms with van der Waals surface area (Å²) in [5.41, 5.74) is 8.00. The van der Waals surface area contributed by atoms with Crippen LogP contribution in [0.2, 0.25) is 15.1 Å². The molecule has 2 N–H and O–H groups in total. The Balaban J connectivity index is 2.28. The Morgan fingerprint density at radius 1 is 1.00 bits per heavy atom. The van der Waals surface area contributed by atoms with Gasteiger partial charge in [-0.1, -0.05) is 59.1 Å². The van der Waals surface area contributed by atoms with Crippen molar-refractivity contribution < 1.29 is 0 Å². The fourth-order valence-electron chi connectivity index (χ4n) is 2.10. The smallest absolute Gasteiger partial charge is 0.0627 e. The largest absolute Gasteiger partial charge is 0.330 e. The molecule has 0 aliphatic rings. The Morgan fingerprint density at radius 2 is 1.74 bits per heavy atom. The molecule has 0 spiro atoms. The first-order valence-corrected chi connectivity index (χ1v) is 7.13. The molecule has 0 saturated carbocycles. The highest BCUT2D eigenvalue weighted by molar-refractivity contribution is 6.42. The van der Waals surface area contributed by atoms with Gasteiger partial charge in [0.2, 0.25) is 0 Å². The van der Waals surface area contributed by atoms with Crippen molar-refractivity contribution in [1.29, 1.82) is 0 Å². The summed E-state index contributed by atoms with van der Waals surface area (Å²) < 4.78 is 0. The summed E-state index contributed by atoms with van der Waals surface area (Å²) >= 11 is 18.3. The zero-order chi connectivity index (χ0) is 13.8. The van der Waals surface area contributed by atoms with Crippen LogP contribution in [0.25, 0.3) is 0 Å². The van der Waals surface area contributed by atoms with Gasteiger partial charge in [-0.15, -0.1) is 0 Å². The lowest BCUT2D eigenvalue weighted by molar-refractivity contribution is 0.695. The maximum absolute atomic E-state index is 6.25. The van der Waals surface area contributed by atoms with Gasteiger partial charge in [-0.25, -0.2) is 0 Å². The van der Waals surface area contributed by atoms with Crippen molar-refractivity contribution in [2.75, 3.05) is 6.54 Å². The lowest BCUT2D eigenvalue weighted by Gasteiger charge is -2.17. The highest BCUT2D eigenvalue weighted by atomic mass is 35.5. The van der Waals surface area contributed by atoms with E-state index in [-0.39, 0.29) is 5.92 Å². The molecule has 2 rings (SSSR count). The van der Waals surface area contributed by atoms with Gasteiger partial charge in [-0.2, -0.15) is 0 Å². The first-order valence-electron chi connectivity index (χ1n) is 6.00. The second-order valence-corrected chi connectivity index (χ2v) is 5.63. The third kappa shape index (κ3) is 3.64. The van der Waals surface area contributed by atoms with E-state index in [4.69, 9.17) is 40.5 Å². The van der Waals surface area contributed by atoms with Crippen molar-refractivity contribution in [2.24, 2.45) is 5.73 Å². The van der Waals surface area contributed by atoms with Crippen LogP contribution in [0.15, 0.2) is 42.5 Å². The maximum Gasteiger partial charge on any atom is 0.0627 e. The SMILES string of the molecule is NCC(Cc1cccc(Cl)c1)c1cccc(Cl)c1Cl. The minimum absolute atomic E-state index is 0.129. The molecule has 0 aliphatic heterocycles. The Hall–Kier alpha value is -0.730. The third-order valence-corrected chi connectivity index (χ3v) is 4.15. The van der Waals surface area contributed by atoms with E-state index in [1.165, 1.54) is 0 Å². The van der Waals surface area contributed by atoms with Crippen LogP contribution in [0.5, 0.6) is 0 Å². The highest BCUT2D eigenvalue weighted by Gasteiger charge is 2.15. The Bertz CT molecular complexity index is 569. The van der Waals surface area contributed by atoms with Crippen LogP contribution in [-0.4, -0.2) is 6.54 Å². The van der Waals surface area contributed by atoms with E-state index in [0.29, 0.717) is 16.6 Å². The molecule has 0 fully saturated rings. The molecular weight excluding hydrogens is 301 g/mol. The van der Waals surface area contributed by atoms with Gasteiger partial charge in [0.15, 0.2) is 0 Å². The number of benzene rings is 2. The highest BCUT2D eigenvalue weighted by Crippen LogP contribution is 2.32. The molecule has 0 aromatic heterocycles. The van der Waals surface area contributed by atoms with Gasteiger partial charge in [0.25, 0.3) is 0 Å². The molecule has 2 aromatic carbocycles. The predicted molar refractivity (Wildman–Crippen MR) is 83.4 cm³/mol. The molecule has 4 heteroatoms. The van der Waals surface area contributed by atoms with Gasteiger partial charge in [-0.05, 0) is 42.3 Å². The van der Waals surface area contributed by atoms with E-state index < -0.39 is 0 Å². The molecule has 2 aromatic rings. The molecule has 0 saturated heterocycles. The van der Waals surface area contributed by atoms with Crippen molar-refractivity contribution >= 4 is 34.8 Å². The number of nitrogens with two attached hydrogens (primary N) is 1. The van der Waals surface area contributed by atoms with Crippen LogP contribution < -0.4 is 5.73 Å². The first kappa shape index (κ1) is 14.7. The zero-order valence-electron chi connectivity index (χ0n) is 10.2. The zero-order valence-corrected chi connectivity index (χ0v) is 12.5. The van der Waals surface area contributed by atoms with Crippen LogP contribution in [-0.2, 0) is 6.42 Å². The van der Waals surface area contributed by atoms with Crippen molar-refractivity contribution in [3.05, 3.63) is 68.7 Å². The minimum atomic E-state index is 0.129. The standard InChI is InChI=1S/C15H14Cl3N/c16-12-4-1-3-10(8-12)7-11(9-19)13-5-2-6-14(17)15(13)18/h1-6,8,11H,7,9,19H2. The summed E-state index contributed by atoms with van der Waals surface area (Å²) in [6, 6.07) is 13.4. The molecule has 1 unspecified atom stereocenters. The summed E-state index contributed by atoms with van der Waals surface area (Å²) in [6.45, 7) is 0.507. The van der Waals surface area contributed by atoms with Gasteiger partial charge < -0.3 is 5.73 Å². The first-order chi connectivity index (χ1) is 9.11. The number of rotatable bonds is 4. The second kappa shape index (κ2) is 6.62. The monoisotopic (exact) mass is 313 g/mol. The number of hydrogen-bond donors (Lipinski definition) is 1. The van der Waals surface area contributed by atoms with E-state index in [1.807, 2.05) is 36.4 Å². The van der Waals surface area contributed by atoms with E-state index >= 15 is 0 Å². The van der Waals surface area contributed by atoms with E-state index in [1.54, 1.807) is 6.07 Å². The molecule has 0 aliphatic carbocycles. The van der Waals surface area contributed by atoms with E-state index in [2.05, 4.69) is 0 Å². The molecule has 0 amide bonds. The molecule has 0 heterocycles. The molecule has 100 valence electrons. The van der Waals surface area contributed by atoms with Gasteiger partial charge in [0.1, 0.15) is 0 Å². The topological polar surface area (TPSA) is 26.0 Å². The molecule has 0 radical (unpaired) electrons. The summed E-state index contributed by atoms with van der Waals surface area (Å²) in [4.78, 5) is 0. The van der Waals surface area contributed by atoms with Crippen LogP contribution >= 0.6 is 34.8 Å². The normalized spacial score (nSPS) is 12.4. The van der Waals surface area contributed by atoms with Crippen molar-refractivity contribution in [2.45, 2.75) is 12.3 Å². The quantitative estimate of drug-likeness (QED) is 0.850. The lowest BCUT2D eigenvalue weighted by Crippen LogP contribution is -2.15. The Morgan fingerprint density at radius 3 is 2.42 bits per heavy atom. The number of hydrogen-bond acceptors (Lipinski definition) is 1. The molecule has 19 heavy (non-hydrogen) atoms. The van der Waals surface area contributed by atoms with Crippen molar-refractivity contribution in [3.8, 4) is 0 Å². The van der Waals surface area contributed by atoms with E-state index in [9.17, 15) is 0 Å². The summed E-state index contributed by atoms with van der Waals surface area (Å²) in [5.74, 6) is 0.129. The average Bonchev–Trinajstić information content (AvgIpc) is 2.40. The van der Waals surface area contributed by atoms with Crippen LogP contribution in [0.4, 0.5) is 0 Å². The van der Waals surface area contributed by atoms with Crippen molar-refractivity contribution in [3.63, 3.8) is 0 Å². The minimum Gasteiger partial charge on any atom is -0.330 e. The van der Waals surface area contributed by atoms with Gasteiger partial charge >= 0.3 is 0 Å². The summed E-state index contributed by atoms with van der Waals surface area (Å²) in [5, 5.41) is 1.87. The van der Waals surface area contributed by atoms with Crippen LogP contribution in [0.1, 0.15) is 17.0 Å². The molecule has 1 nitrogen and oxygen atoms in total. The van der Waals surface area contributed by atoms with Gasteiger partial charge in [0.05, 0.1) is 10.0 Å². The fraction of sp³-hybridized carbons (Fsp3) is 0.200. The summed E-state index contributed by atoms with van der Waals surface area (Å²) in [7, 11) is 0. The predicted octanol–water partition coefficient (Wildman–Crippen LogP) is 4.93. The Labute approximate surface area is 128 Å². The van der Waals surface area contributed by atoms with Crippen LogP contribution in [0, 0.1) is 0 Å². The Kier molecular flexibility index (Phi) is 5.12.